The highest BCUT2D eigenvalue weighted by Gasteiger charge is 2.61. The smallest absolute Gasteiger partial charge is 0.390 e. The fourth-order valence-electron chi connectivity index (χ4n) is 9.19. The van der Waals surface area contributed by atoms with Gasteiger partial charge in [0.05, 0.1) is 5.60 Å². The van der Waals surface area contributed by atoms with E-state index in [0.29, 0.717) is 29.6 Å². The maximum absolute atomic E-state index is 12.8. The van der Waals surface area contributed by atoms with Gasteiger partial charge >= 0.3 is 6.18 Å². The van der Waals surface area contributed by atoms with Crippen molar-refractivity contribution in [2.45, 2.75) is 116 Å². The van der Waals surface area contributed by atoms with Gasteiger partial charge in [-0.1, -0.05) is 20.8 Å². The molecule has 0 amide bonds. The first-order valence-corrected chi connectivity index (χ1v) is 12.7. The molecule has 0 radical (unpaired) electrons. The molecule has 5 heteroatoms. The second-order valence-electron chi connectivity index (χ2n) is 12.7. The number of fused-ring (bicyclic) bond motifs is 5. The van der Waals surface area contributed by atoms with Crippen molar-refractivity contribution < 1.29 is 23.4 Å². The number of rotatable bonds is 4. The Labute approximate surface area is 186 Å². The van der Waals surface area contributed by atoms with Gasteiger partial charge in [-0.25, -0.2) is 0 Å². The zero-order chi connectivity index (χ0) is 22.8. The first-order valence-electron chi connectivity index (χ1n) is 12.7. The predicted octanol–water partition coefficient (Wildman–Crippen LogP) is 6.74. The van der Waals surface area contributed by atoms with Crippen molar-refractivity contribution in [2.75, 3.05) is 0 Å². The van der Waals surface area contributed by atoms with Crippen LogP contribution in [0.25, 0.3) is 0 Å². The molecule has 31 heavy (non-hydrogen) atoms. The fraction of sp³-hybridized carbons (Fsp3) is 1.00. The van der Waals surface area contributed by atoms with Crippen LogP contribution >= 0.6 is 0 Å². The largest absolute Gasteiger partial charge is 0.414 e. The van der Waals surface area contributed by atoms with Crippen molar-refractivity contribution in [1.82, 2.24) is 0 Å². The first kappa shape index (κ1) is 23.9. The van der Waals surface area contributed by atoms with Crippen molar-refractivity contribution in [3.8, 4) is 0 Å². The molecule has 0 spiro atoms. The molecule has 0 aromatic rings. The van der Waals surface area contributed by atoms with Crippen LogP contribution in [-0.4, -0.2) is 28.1 Å². The highest BCUT2D eigenvalue weighted by molar-refractivity contribution is 5.10. The van der Waals surface area contributed by atoms with E-state index in [-0.39, 0.29) is 17.8 Å². The molecule has 0 bridgehead atoms. The summed E-state index contributed by atoms with van der Waals surface area (Å²) in [6.07, 6.45) is 3.82. The number of aliphatic hydroxyl groups excluding tert-OH is 1. The number of alkyl halides is 3. The van der Waals surface area contributed by atoms with Crippen LogP contribution < -0.4 is 0 Å². The molecule has 0 heterocycles. The molecule has 4 aliphatic carbocycles. The molecule has 180 valence electrons. The quantitative estimate of drug-likeness (QED) is 0.504. The van der Waals surface area contributed by atoms with Crippen LogP contribution in [0.15, 0.2) is 0 Å². The summed E-state index contributed by atoms with van der Waals surface area (Å²) in [5.74, 6) is 3.48. The Balaban J connectivity index is 1.45. The Morgan fingerprint density at radius 1 is 0.871 bits per heavy atom. The van der Waals surface area contributed by atoms with Gasteiger partial charge in [0.1, 0.15) is 6.10 Å². The van der Waals surface area contributed by atoms with Gasteiger partial charge in [0.2, 0.25) is 0 Å². The first-order chi connectivity index (χ1) is 14.3. The Hall–Kier alpha value is -0.290. The van der Waals surface area contributed by atoms with E-state index < -0.39 is 17.9 Å². The molecular formula is C26H43F3O2. The molecule has 4 rings (SSSR count). The van der Waals surface area contributed by atoms with E-state index >= 15 is 0 Å². The van der Waals surface area contributed by atoms with E-state index in [1.807, 2.05) is 6.92 Å². The molecule has 0 aliphatic heterocycles. The van der Waals surface area contributed by atoms with Crippen LogP contribution in [0.2, 0.25) is 0 Å². The molecule has 4 fully saturated rings. The summed E-state index contributed by atoms with van der Waals surface area (Å²) < 4.78 is 38.3. The van der Waals surface area contributed by atoms with Crippen LogP contribution in [-0.2, 0) is 0 Å². The number of hydrogen-bond donors (Lipinski definition) is 2. The predicted molar refractivity (Wildman–Crippen MR) is 116 cm³/mol. The fourth-order valence-corrected chi connectivity index (χ4v) is 9.19. The molecule has 0 saturated heterocycles. The Morgan fingerprint density at radius 3 is 2.23 bits per heavy atom. The summed E-state index contributed by atoms with van der Waals surface area (Å²) in [5, 5.41) is 20.1. The summed E-state index contributed by atoms with van der Waals surface area (Å²) in [6.45, 7) is 9.06. The van der Waals surface area contributed by atoms with Crippen LogP contribution in [0.1, 0.15) is 98.3 Å². The summed E-state index contributed by atoms with van der Waals surface area (Å²) in [4.78, 5) is 0. The maximum atomic E-state index is 12.8. The Kier molecular flexibility index (Phi) is 6.07. The normalized spacial score (nSPS) is 49.6. The number of halogens is 3. The minimum Gasteiger partial charge on any atom is -0.390 e. The molecular weight excluding hydrogens is 401 g/mol. The second kappa shape index (κ2) is 7.89. The van der Waals surface area contributed by atoms with Crippen LogP contribution in [0.5, 0.6) is 0 Å². The maximum Gasteiger partial charge on any atom is 0.414 e. The molecule has 2 N–H and O–H groups in total. The van der Waals surface area contributed by atoms with Crippen molar-refractivity contribution in [1.29, 1.82) is 0 Å². The van der Waals surface area contributed by atoms with E-state index in [1.54, 1.807) is 0 Å². The highest BCUT2D eigenvalue weighted by atomic mass is 19.4. The van der Waals surface area contributed by atoms with Crippen LogP contribution in [0.4, 0.5) is 13.2 Å². The van der Waals surface area contributed by atoms with Crippen molar-refractivity contribution in [3.63, 3.8) is 0 Å². The summed E-state index contributed by atoms with van der Waals surface area (Å²) >= 11 is 0. The van der Waals surface area contributed by atoms with Crippen LogP contribution in [0.3, 0.4) is 0 Å². The number of aliphatic hydroxyl groups is 2. The lowest BCUT2D eigenvalue weighted by atomic mass is 9.43. The van der Waals surface area contributed by atoms with Gasteiger partial charge in [-0.2, -0.15) is 13.2 Å². The molecule has 10 atom stereocenters. The molecule has 4 saturated carbocycles. The van der Waals surface area contributed by atoms with E-state index in [0.717, 1.165) is 37.5 Å². The van der Waals surface area contributed by atoms with E-state index in [9.17, 15) is 23.4 Å². The monoisotopic (exact) mass is 444 g/mol. The zero-order valence-electron chi connectivity index (χ0n) is 19.8. The lowest BCUT2D eigenvalue weighted by Gasteiger charge is -2.62. The lowest BCUT2D eigenvalue weighted by Crippen LogP contribution is -2.55. The second-order valence-corrected chi connectivity index (χ2v) is 12.7. The third-order valence-electron chi connectivity index (χ3n) is 11.0. The Bertz CT molecular complexity index is 662. The summed E-state index contributed by atoms with van der Waals surface area (Å²) in [7, 11) is 0. The topological polar surface area (TPSA) is 40.5 Å². The third kappa shape index (κ3) is 4.09. The highest BCUT2D eigenvalue weighted by Crippen LogP contribution is 2.68. The standard InChI is InChI=1S/C26H43F3O2/c1-16(5-10-22(30)26(27,28)29)19-8-9-20-18-7-6-17-15-23(2,31)13-14-24(17,3)21(18)11-12-25(19,20)4/h16-22,30-31H,5-15H2,1-4H3/t16-,17+,18+,19?,20+,21+,22?,23+,24+,25-/m1/s1. The van der Waals surface area contributed by atoms with Gasteiger partial charge in [-0.05, 0) is 124 Å². The Morgan fingerprint density at radius 2 is 1.55 bits per heavy atom. The SMILES string of the molecule is C[C@H](CCC(O)C(F)(F)F)C1CC[C@H]2[C@@H]3CC[C@H]4C[C@@](C)(O)CC[C@]4(C)[C@H]3CC[C@]12C. The third-order valence-corrected chi connectivity index (χ3v) is 11.0. The summed E-state index contributed by atoms with van der Waals surface area (Å²) in [5.41, 5.74) is 0.0647. The van der Waals surface area contributed by atoms with Crippen LogP contribution in [0, 0.1) is 46.3 Å². The molecule has 0 aromatic carbocycles. The minimum absolute atomic E-state index is 0.173. The summed E-state index contributed by atoms with van der Waals surface area (Å²) in [6, 6.07) is 0. The van der Waals surface area contributed by atoms with Crippen molar-refractivity contribution in [3.05, 3.63) is 0 Å². The van der Waals surface area contributed by atoms with E-state index in [4.69, 9.17) is 0 Å². The van der Waals surface area contributed by atoms with Gasteiger partial charge in [0.15, 0.2) is 0 Å². The molecule has 0 aromatic heterocycles. The minimum atomic E-state index is -4.50. The molecule has 4 aliphatic rings. The van der Waals surface area contributed by atoms with E-state index in [2.05, 4.69) is 20.8 Å². The van der Waals surface area contributed by atoms with Gasteiger partial charge in [0.25, 0.3) is 0 Å². The van der Waals surface area contributed by atoms with Gasteiger partial charge in [0, 0.05) is 0 Å². The number of hydrogen-bond acceptors (Lipinski definition) is 2. The average Bonchev–Trinajstić information content (AvgIpc) is 3.02. The molecule has 2 nitrogen and oxygen atoms in total. The van der Waals surface area contributed by atoms with Crippen molar-refractivity contribution >= 4 is 0 Å². The molecule has 2 unspecified atom stereocenters. The van der Waals surface area contributed by atoms with Gasteiger partial charge < -0.3 is 10.2 Å². The zero-order valence-corrected chi connectivity index (χ0v) is 19.8. The lowest BCUT2D eigenvalue weighted by molar-refractivity contribution is -0.206. The van der Waals surface area contributed by atoms with Crippen molar-refractivity contribution in [2.24, 2.45) is 46.3 Å². The van der Waals surface area contributed by atoms with Gasteiger partial charge in [-0.15, -0.1) is 0 Å². The van der Waals surface area contributed by atoms with Gasteiger partial charge in [-0.3, -0.25) is 0 Å². The van der Waals surface area contributed by atoms with E-state index in [1.165, 1.54) is 32.1 Å². The average molecular weight is 445 g/mol.